The summed E-state index contributed by atoms with van der Waals surface area (Å²) in [5, 5.41) is 11.5. The van der Waals surface area contributed by atoms with Crippen LogP contribution in [0.2, 0.25) is 0 Å². The van der Waals surface area contributed by atoms with E-state index in [0.29, 0.717) is 22.6 Å². The van der Waals surface area contributed by atoms with E-state index in [1.165, 1.54) is 18.2 Å². The van der Waals surface area contributed by atoms with Crippen molar-refractivity contribution in [1.29, 1.82) is 0 Å². The SMILES string of the molecule is O=C1COc2ccc(C(=O)CS(=O)Cc3ccc(C(=O)O)cc3)cc2N1. The van der Waals surface area contributed by atoms with Crippen LogP contribution in [0.25, 0.3) is 0 Å². The van der Waals surface area contributed by atoms with E-state index >= 15 is 0 Å². The summed E-state index contributed by atoms with van der Waals surface area (Å²) in [5.74, 6) is -1.18. The number of benzene rings is 2. The van der Waals surface area contributed by atoms with E-state index in [-0.39, 0.29) is 35.4 Å². The summed E-state index contributed by atoms with van der Waals surface area (Å²) in [6.07, 6.45) is 0. The van der Waals surface area contributed by atoms with Gasteiger partial charge in [-0.2, -0.15) is 0 Å². The standard InChI is InChI=1S/C18H15NO6S/c20-15(13-5-6-16-14(7-13)19-17(21)8-25-16)10-26(24)9-11-1-3-12(4-2-11)18(22)23/h1-7H,8-10H2,(H,19,21)(H,22,23). The predicted octanol–water partition coefficient (Wildman–Crippen LogP) is 1.85. The van der Waals surface area contributed by atoms with E-state index in [2.05, 4.69) is 5.32 Å². The van der Waals surface area contributed by atoms with E-state index in [9.17, 15) is 18.6 Å². The molecule has 1 atom stereocenters. The molecule has 0 spiro atoms. The van der Waals surface area contributed by atoms with Gasteiger partial charge in [0.15, 0.2) is 12.4 Å². The van der Waals surface area contributed by atoms with Gasteiger partial charge in [0.05, 0.1) is 17.0 Å². The number of carboxylic acids is 1. The maximum Gasteiger partial charge on any atom is 0.335 e. The minimum Gasteiger partial charge on any atom is -0.482 e. The molecular weight excluding hydrogens is 358 g/mol. The summed E-state index contributed by atoms with van der Waals surface area (Å²) >= 11 is 0. The average Bonchev–Trinajstić information content (AvgIpc) is 2.61. The molecule has 0 aliphatic carbocycles. The molecule has 1 amide bonds. The lowest BCUT2D eigenvalue weighted by Gasteiger charge is -2.18. The van der Waals surface area contributed by atoms with Crippen molar-refractivity contribution in [3.63, 3.8) is 0 Å². The Bertz CT molecular complexity index is 906. The van der Waals surface area contributed by atoms with Crippen molar-refractivity contribution in [3.05, 3.63) is 59.2 Å². The monoisotopic (exact) mass is 373 g/mol. The molecule has 1 heterocycles. The maximum absolute atomic E-state index is 12.3. The Morgan fingerprint density at radius 2 is 1.81 bits per heavy atom. The molecule has 1 unspecified atom stereocenters. The lowest BCUT2D eigenvalue weighted by molar-refractivity contribution is -0.118. The van der Waals surface area contributed by atoms with Gasteiger partial charge in [0, 0.05) is 22.1 Å². The smallest absolute Gasteiger partial charge is 0.335 e. The number of fused-ring (bicyclic) bond motifs is 1. The van der Waals surface area contributed by atoms with E-state index in [1.807, 2.05) is 0 Å². The first kappa shape index (κ1) is 17.8. The van der Waals surface area contributed by atoms with E-state index in [0.717, 1.165) is 0 Å². The van der Waals surface area contributed by atoms with Crippen molar-refractivity contribution in [2.75, 3.05) is 17.7 Å². The Morgan fingerprint density at radius 3 is 2.50 bits per heavy atom. The van der Waals surface area contributed by atoms with Crippen LogP contribution in [0.4, 0.5) is 5.69 Å². The van der Waals surface area contributed by atoms with E-state index in [4.69, 9.17) is 9.84 Å². The van der Waals surface area contributed by atoms with Gasteiger partial charge in [0.1, 0.15) is 5.75 Å². The van der Waals surface area contributed by atoms with Crippen LogP contribution in [0.5, 0.6) is 5.75 Å². The number of rotatable bonds is 6. The van der Waals surface area contributed by atoms with Crippen LogP contribution in [0.3, 0.4) is 0 Å². The molecule has 26 heavy (non-hydrogen) atoms. The summed E-state index contributed by atoms with van der Waals surface area (Å²) < 4.78 is 17.5. The van der Waals surface area contributed by atoms with Crippen LogP contribution >= 0.6 is 0 Å². The van der Waals surface area contributed by atoms with Gasteiger partial charge in [-0.15, -0.1) is 0 Å². The van der Waals surface area contributed by atoms with Gasteiger partial charge in [-0.25, -0.2) is 4.79 Å². The van der Waals surface area contributed by atoms with Crippen molar-refractivity contribution in [3.8, 4) is 5.75 Å². The molecule has 0 radical (unpaired) electrons. The lowest BCUT2D eigenvalue weighted by Crippen LogP contribution is -2.25. The molecule has 2 aromatic carbocycles. The fourth-order valence-corrected chi connectivity index (χ4v) is 3.59. The zero-order valence-electron chi connectivity index (χ0n) is 13.6. The Morgan fingerprint density at radius 1 is 1.12 bits per heavy atom. The third kappa shape index (κ3) is 4.15. The largest absolute Gasteiger partial charge is 0.482 e. The first-order valence-electron chi connectivity index (χ1n) is 7.69. The predicted molar refractivity (Wildman–Crippen MR) is 95.0 cm³/mol. The molecule has 8 heteroatoms. The molecule has 0 aromatic heterocycles. The summed E-state index contributed by atoms with van der Waals surface area (Å²) in [6.45, 7) is -0.0645. The molecule has 0 saturated heterocycles. The molecule has 0 fully saturated rings. The number of nitrogens with one attached hydrogen (secondary N) is 1. The molecule has 0 saturated carbocycles. The number of ether oxygens (including phenoxy) is 1. The van der Waals surface area contributed by atoms with Gasteiger partial charge in [-0.3, -0.25) is 13.8 Å². The number of carbonyl (C=O) groups excluding carboxylic acids is 2. The van der Waals surface area contributed by atoms with Crippen LogP contribution in [-0.4, -0.2) is 39.3 Å². The Balaban J connectivity index is 1.64. The van der Waals surface area contributed by atoms with Crippen molar-refractivity contribution in [2.45, 2.75) is 5.75 Å². The molecule has 0 bridgehead atoms. The first-order valence-corrected chi connectivity index (χ1v) is 9.18. The number of hydrogen-bond acceptors (Lipinski definition) is 5. The fourth-order valence-electron chi connectivity index (χ4n) is 2.47. The number of hydrogen-bond donors (Lipinski definition) is 2. The fraction of sp³-hybridized carbons (Fsp3) is 0.167. The van der Waals surface area contributed by atoms with Crippen molar-refractivity contribution in [1.82, 2.24) is 0 Å². The van der Waals surface area contributed by atoms with Gasteiger partial charge in [0.2, 0.25) is 0 Å². The number of amides is 1. The van der Waals surface area contributed by atoms with E-state index in [1.54, 1.807) is 24.3 Å². The molecule has 3 rings (SSSR count). The maximum atomic E-state index is 12.3. The Hall–Kier alpha value is -3.00. The van der Waals surface area contributed by atoms with E-state index < -0.39 is 16.8 Å². The molecule has 1 aliphatic heterocycles. The highest BCUT2D eigenvalue weighted by atomic mass is 32.2. The number of carbonyl (C=O) groups is 3. The lowest BCUT2D eigenvalue weighted by atomic mass is 10.1. The van der Waals surface area contributed by atoms with Crippen LogP contribution in [0, 0.1) is 0 Å². The first-order chi connectivity index (χ1) is 12.4. The second-order valence-corrected chi connectivity index (χ2v) is 7.16. The van der Waals surface area contributed by atoms with Gasteiger partial charge in [0.25, 0.3) is 5.91 Å². The molecule has 7 nitrogen and oxygen atoms in total. The number of Topliss-reactive ketones (excluding diaryl/α,β-unsaturated/α-hetero) is 1. The number of aromatic carboxylic acids is 1. The second-order valence-electron chi connectivity index (χ2n) is 5.70. The van der Waals surface area contributed by atoms with Crippen LogP contribution < -0.4 is 10.1 Å². The Labute approximate surface area is 151 Å². The minimum absolute atomic E-state index is 0.0645. The average molecular weight is 373 g/mol. The molecular formula is C18H15NO6S. The number of anilines is 1. The second kappa shape index (κ2) is 7.49. The normalized spacial score (nSPS) is 13.9. The van der Waals surface area contributed by atoms with Gasteiger partial charge in [-0.05, 0) is 35.9 Å². The zero-order chi connectivity index (χ0) is 18.7. The van der Waals surface area contributed by atoms with Crippen LogP contribution in [0.1, 0.15) is 26.3 Å². The third-order valence-corrected chi connectivity index (χ3v) is 4.99. The van der Waals surface area contributed by atoms with Crippen molar-refractivity contribution < 1.29 is 28.4 Å². The zero-order valence-corrected chi connectivity index (χ0v) is 14.4. The highest BCUT2D eigenvalue weighted by Gasteiger charge is 2.19. The summed E-state index contributed by atoms with van der Waals surface area (Å²) in [6, 6.07) is 10.7. The number of ketones is 1. The van der Waals surface area contributed by atoms with Gasteiger partial charge in [-0.1, -0.05) is 12.1 Å². The van der Waals surface area contributed by atoms with Crippen molar-refractivity contribution >= 4 is 34.1 Å². The van der Waals surface area contributed by atoms with Crippen LogP contribution in [-0.2, 0) is 21.3 Å². The minimum atomic E-state index is -1.44. The number of carboxylic acid groups (broad SMARTS) is 1. The molecule has 134 valence electrons. The quantitative estimate of drug-likeness (QED) is 0.748. The molecule has 2 N–H and O–H groups in total. The summed E-state index contributed by atoms with van der Waals surface area (Å²) in [5.41, 5.74) is 1.59. The summed E-state index contributed by atoms with van der Waals surface area (Å²) in [4.78, 5) is 34.5. The third-order valence-electron chi connectivity index (χ3n) is 3.76. The van der Waals surface area contributed by atoms with Crippen LogP contribution in [0.15, 0.2) is 42.5 Å². The topological polar surface area (TPSA) is 110 Å². The highest BCUT2D eigenvalue weighted by molar-refractivity contribution is 7.85. The highest BCUT2D eigenvalue weighted by Crippen LogP contribution is 2.28. The molecule has 1 aliphatic rings. The van der Waals surface area contributed by atoms with Gasteiger partial charge >= 0.3 is 5.97 Å². The van der Waals surface area contributed by atoms with Crippen molar-refractivity contribution in [2.24, 2.45) is 0 Å². The molecule has 2 aromatic rings. The summed E-state index contributed by atoms with van der Waals surface area (Å²) in [7, 11) is -1.44. The van der Waals surface area contributed by atoms with Gasteiger partial charge < -0.3 is 15.2 Å². The Kier molecular flexibility index (Phi) is 5.13.